The van der Waals surface area contributed by atoms with Gasteiger partial charge in [-0.15, -0.1) is 6.58 Å². The number of para-hydroxylation sites is 1. The maximum atomic E-state index is 12.1. The summed E-state index contributed by atoms with van der Waals surface area (Å²) >= 11 is 0. The molecule has 8 heteroatoms. The van der Waals surface area contributed by atoms with E-state index < -0.39 is 21.9 Å². The number of nitrogens with one attached hydrogen (secondary N) is 1. The van der Waals surface area contributed by atoms with Crippen molar-refractivity contribution < 1.29 is 22.7 Å². The van der Waals surface area contributed by atoms with Gasteiger partial charge in [-0.3, -0.25) is 4.79 Å². The minimum atomic E-state index is -3.54. The number of ether oxygens (including phenoxy) is 1. The number of carbonyl (C=O) groups is 2. The second kappa shape index (κ2) is 8.44. The SMILES string of the molecule is C=CCN(CC(=O)Nc1ccccc1C(=O)OCC)S(C)(=O)=O. The molecule has 0 aliphatic rings. The summed E-state index contributed by atoms with van der Waals surface area (Å²) in [5, 5.41) is 2.53. The number of rotatable bonds is 8. The van der Waals surface area contributed by atoms with Crippen LogP contribution in [0.5, 0.6) is 0 Å². The van der Waals surface area contributed by atoms with Crippen molar-refractivity contribution in [2.75, 3.05) is 31.3 Å². The Labute approximate surface area is 136 Å². The molecule has 0 aliphatic carbocycles. The topological polar surface area (TPSA) is 92.8 Å². The van der Waals surface area contributed by atoms with Crippen molar-refractivity contribution in [3.8, 4) is 0 Å². The molecule has 1 N–H and O–H groups in total. The van der Waals surface area contributed by atoms with Crippen LogP contribution in [0.25, 0.3) is 0 Å². The van der Waals surface area contributed by atoms with E-state index in [1.807, 2.05) is 0 Å². The number of nitrogens with zero attached hydrogens (tertiary/aromatic N) is 1. The van der Waals surface area contributed by atoms with Crippen LogP contribution in [0, 0.1) is 0 Å². The molecule has 0 aliphatic heterocycles. The molecule has 1 aromatic carbocycles. The fraction of sp³-hybridized carbons (Fsp3) is 0.333. The summed E-state index contributed by atoms with van der Waals surface area (Å²) in [6.45, 7) is 5.00. The average molecular weight is 340 g/mol. The van der Waals surface area contributed by atoms with Gasteiger partial charge in [0.2, 0.25) is 15.9 Å². The molecule has 1 amide bonds. The number of benzene rings is 1. The van der Waals surface area contributed by atoms with Crippen LogP contribution in [0.2, 0.25) is 0 Å². The minimum absolute atomic E-state index is 0.0196. The van der Waals surface area contributed by atoms with Crippen LogP contribution in [0.4, 0.5) is 5.69 Å². The van der Waals surface area contributed by atoms with Crippen LogP contribution in [-0.4, -0.2) is 50.6 Å². The third-order valence-electron chi connectivity index (χ3n) is 2.82. The summed E-state index contributed by atoms with van der Waals surface area (Å²) < 4.78 is 29.1. The van der Waals surface area contributed by atoms with Crippen molar-refractivity contribution in [2.45, 2.75) is 6.92 Å². The number of anilines is 1. The smallest absolute Gasteiger partial charge is 0.340 e. The molecule has 0 atom stereocenters. The van der Waals surface area contributed by atoms with Crippen molar-refractivity contribution in [3.63, 3.8) is 0 Å². The van der Waals surface area contributed by atoms with Gasteiger partial charge in [-0.05, 0) is 19.1 Å². The lowest BCUT2D eigenvalue weighted by molar-refractivity contribution is -0.116. The normalized spacial score (nSPS) is 11.1. The number of amides is 1. The van der Waals surface area contributed by atoms with Gasteiger partial charge >= 0.3 is 5.97 Å². The summed E-state index contributed by atoms with van der Waals surface area (Å²) in [6.07, 6.45) is 2.40. The predicted octanol–water partition coefficient (Wildman–Crippen LogP) is 1.25. The number of hydrogen-bond acceptors (Lipinski definition) is 5. The monoisotopic (exact) mass is 340 g/mol. The van der Waals surface area contributed by atoms with Crippen LogP contribution in [0.1, 0.15) is 17.3 Å². The molecule has 0 unspecified atom stereocenters. The van der Waals surface area contributed by atoms with Gasteiger partial charge in [-0.25, -0.2) is 13.2 Å². The van der Waals surface area contributed by atoms with E-state index >= 15 is 0 Å². The third kappa shape index (κ3) is 5.84. The van der Waals surface area contributed by atoms with Crippen molar-refractivity contribution in [1.29, 1.82) is 0 Å². The Bertz CT molecular complexity index is 685. The summed E-state index contributed by atoms with van der Waals surface area (Å²) in [5.74, 6) is -1.12. The third-order valence-corrected chi connectivity index (χ3v) is 4.03. The van der Waals surface area contributed by atoms with Crippen molar-refractivity contribution >= 4 is 27.6 Å². The molecule has 0 heterocycles. The zero-order chi connectivity index (χ0) is 17.5. The second-order valence-corrected chi connectivity index (χ2v) is 6.64. The highest BCUT2D eigenvalue weighted by molar-refractivity contribution is 7.88. The fourth-order valence-electron chi connectivity index (χ4n) is 1.79. The summed E-state index contributed by atoms with van der Waals surface area (Å²) in [4.78, 5) is 23.9. The second-order valence-electron chi connectivity index (χ2n) is 4.66. The van der Waals surface area contributed by atoms with Crippen molar-refractivity contribution in [1.82, 2.24) is 4.31 Å². The first-order valence-electron chi connectivity index (χ1n) is 6.91. The molecule has 0 spiro atoms. The van der Waals surface area contributed by atoms with Gasteiger partial charge in [0.1, 0.15) is 0 Å². The lowest BCUT2D eigenvalue weighted by Crippen LogP contribution is -2.37. The first-order chi connectivity index (χ1) is 10.8. The largest absolute Gasteiger partial charge is 0.462 e. The lowest BCUT2D eigenvalue weighted by Gasteiger charge is -2.18. The Morgan fingerprint density at radius 3 is 2.57 bits per heavy atom. The summed E-state index contributed by atoms with van der Waals surface area (Å²) in [5.41, 5.74) is 0.473. The Morgan fingerprint density at radius 2 is 2.00 bits per heavy atom. The highest BCUT2D eigenvalue weighted by Gasteiger charge is 2.20. The molecule has 0 radical (unpaired) electrons. The fourth-order valence-corrected chi connectivity index (χ4v) is 2.52. The van der Waals surface area contributed by atoms with Crippen LogP contribution in [-0.2, 0) is 19.6 Å². The average Bonchev–Trinajstić information content (AvgIpc) is 2.46. The highest BCUT2D eigenvalue weighted by atomic mass is 32.2. The van der Waals surface area contributed by atoms with Gasteiger partial charge in [0.05, 0.1) is 30.7 Å². The van der Waals surface area contributed by atoms with Crippen molar-refractivity contribution in [3.05, 3.63) is 42.5 Å². The van der Waals surface area contributed by atoms with Gasteiger partial charge in [0.15, 0.2) is 0 Å². The number of sulfonamides is 1. The molecule has 126 valence electrons. The van der Waals surface area contributed by atoms with Gasteiger partial charge in [0.25, 0.3) is 0 Å². The van der Waals surface area contributed by atoms with Crippen LogP contribution in [0.3, 0.4) is 0 Å². The molecule has 0 fully saturated rings. The molecule has 0 saturated carbocycles. The van der Waals surface area contributed by atoms with E-state index in [2.05, 4.69) is 11.9 Å². The van der Waals surface area contributed by atoms with E-state index in [1.54, 1.807) is 25.1 Å². The predicted molar refractivity (Wildman–Crippen MR) is 87.6 cm³/mol. The van der Waals surface area contributed by atoms with E-state index in [1.165, 1.54) is 12.1 Å². The van der Waals surface area contributed by atoms with E-state index in [0.717, 1.165) is 10.6 Å². The molecule has 7 nitrogen and oxygen atoms in total. The van der Waals surface area contributed by atoms with Gasteiger partial charge in [-0.2, -0.15) is 4.31 Å². The Kier molecular flexibility index (Phi) is 6.92. The Balaban J connectivity index is 2.89. The molecule has 0 bridgehead atoms. The zero-order valence-electron chi connectivity index (χ0n) is 13.1. The van der Waals surface area contributed by atoms with Crippen molar-refractivity contribution in [2.24, 2.45) is 0 Å². The maximum Gasteiger partial charge on any atom is 0.340 e. The van der Waals surface area contributed by atoms with Gasteiger partial charge in [-0.1, -0.05) is 18.2 Å². The standard InChI is InChI=1S/C15H20N2O5S/c1-4-10-17(23(3,20)21)11-14(18)16-13-9-7-6-8-12(13)15(19)22-5-2/h4,6-9H,1,5,10-11H2,2-3H3,(H,16,18). The highest BCUT2D eigenvalue weighted by Crippen LogP contribution is 2.16. The molecule has 1 aromatic rings. The van der Waals surface area contributed by atoms with E-state index in [0.29, 0.717) is 0 Å². The Hall–Kier alpha value is -2.19. The molecular formula is C15H20N2O5S. The zero-order valence-corrected chi connectivity index (χ0v) is 13.9. The number of hydrogen-bond donors (Lipinski definition) is 1. The van der Waals surface area contributed by atoms with Gasteiger partial charge < -0.3 is 10.1 Å². The molecular weight excluding hydrogens is 320 g/mol. The molecule has 0 saturated heterocycles. The summed E-state index contributed by atoms with van der Waals surface area (Å²) in [6, 6.07) is 6.35. The number of esters is 1. The molecule has 0 aromatic heterocycles. The first kappa shape index (κ1) is 18.9. The summed E-state index contributed by atoms with van der Waals surface area (Å²) in [7, 11) is -3.54. The first-order valence-corrected chi connectivity index (χ1v) is 8.76. The van der Waals surface area contributed by atoms with E-state index in [9.17, 15) is 18.0 Å². The molecule has 1 rings (SSSR count). The minimum Gasteiger partial charge on any atom is -0.462 e. The quantitative estimate of drug-likeness (QED) is 0.568. The van der Waals surface area contributed by atoms with E-state index in [-0.39, 0.29) is 30.9 Å². The van der Waals surface area contributed by atoms with Gasteiger partial charge in [0, 0.05) is 6.54 Å². The molecule has 23 heavy (non-hydrogen) atoms. The number of carbonyl (C=O) groups excluding carboxylic acids is 2. The van der Waals surface area contributed by atoms with Crippen LogP contribution < -0.4 is 5.32 Å². The maximum absolute atomic E-state index is 12.1. The van der Waals surface area contributed by atoms with Crippen LogP contribution in [0.15, 0.2) is 36.9 Å². The van der Waals surface area contributed by atoms with Crippen LogP contribution >= 0.6 is 0 Å². The lowest BCUT2D eigenvalue weighted by atomic mass is 10.2. The van der Waals surface area contributed by atoms with E-state index in [4.69, 9.17) is 4.74 Å². The Morgan fingerprint density at radius 1 is 1.35 bits per heavy atom.